The SMILES string of the molecule is COc1ccc(-n2nc(C(=O)NC(C)(C)C)cc2-c2cc[nH]n2)cn1. The topological polar surface area (TPSA) is 97.7 Å². The number of aromatic amines is 1. The van der Waals surface area contributed by atoms with Crippen molar-refractivity contribution in [3.63, 3.8) is 0 Å². The average molecular weight is 340 g/mol. The molecule has 2 N–H and O–H groups in total. The molecule has 0 saturated heterocycles. The summed E-state index contributed by atoms with van der Waals surface area (Å²) in [4.78, 5) is 16.7. The van der Waals surface area contributed by atoms with Crippen molar-refractivity contribution < 1.29 is 9.53 Å². The first-order valence-electron chi connectivity index (χ1n) is 7.80. The van der Waals surface area contributed by atoms with Crippen LogP contribution in [0.1, 0.15) is 31.3 Å². The number of H-pyrrole nitrogens is 1. The Morgan fingerprint density at radius 1 is 1.28 bits per heavy atom. The van der Waals surface area contributed by atoms with Gasteiger partial charge in [0.1, 0.15) is 5.69 Å². The van der Waals surface area contributed by atoms with Crippen LogP contribution >= 0.6 is 0 Å². The number of hydrogen-bond donors (Lipinski definition) is 2. The lowest BCUT2D eigenvalue weighted by Crippen LogP contribution is -2.40. The molecule has 3 heterocycles. The fraction of sp³-hybridized carbons (Fsp3) is 0.294. The third kappa shape index (κ3) is 3.68. The number of nitrogens with zero attached hydrogens (tertiary/aromatic N) is 4. The maximum Gasteiger partial charge on any atom is 0.272 e. The predicted octanol–water partition coefficient (Wildman–Crippen LogP) is 2.19. The second-order valence-corrected chi connectivity index (χ2v) is 6.55. The molecule has 0 fully saturated rings. The third-order valence-corrected chi connectivity index (χ3v) is 3.37. The number of rotatable bonds is 4. The first-order chi connectivity index (χ1) is 11.9. The van der Waals surface area contributed by atoms with Crippen LogP contribution in [-0.2, 0) is 0 Å². The van der Waals surface area contributed by atoms with E-state index in [4.69, 9.17) is 4.74 Å². The zero-order valence-electron chi connectivity index (χ0n) is 14.6. The highest BCUT2D eigenvalue weighted by Crippen LogP contribution is 2.23. The number of carbonyl (C=O) groups is 1. The molecule has 0 aliphatic rings. The van der Waals surface area contributed by atoms with E-state index in [1.54, 1.807) is 36.3 Å². The molecule has 8 heteroatoms. The molecule has 3 rings (SSSR count). The van der Waals surface area contributed by atoms with Crippen molar-refractivity contribution in [2.24, 2.45) is 0 Å². The summed E-state index contributed by atoms with van der Waals surface area (Å²) >= 11 is 0. The fourth-order valence-electron chi connectivity index (χ4n) is 2.30. The van der Waals surface area contributed by atoms with Crippen LogP contribution in [0.15, 0.2) is 36.7 Å². The maximum atomic E-state index is 12.5. The summed E-state index contributed by atoms with van der Waals surface area (Å²) in [5.74, 6) is 0.257. The van der Waals surface area contributed by atoms with Crippen molar-refractivity contribution in [1.82, 2.24) is 30.3 Å². The Balaban J connectivity index is 2.04. The normalized spacial score (nSPS) is 11.4. The quantitative estimate of drug-likeness (QED) is 0.759. The van der Waals surface area contributed by atoms with E-state index in [0.717, 1.165) is 0 Å². The van der Waals surface area contributed by atoms with Gasteiger partial charge >= 0.3 is 0 Å². The molecule has 3 aromatic heterocycles. The van der Waals surface area contributed by atoms with Crippen LogP contribution in [0.4, 0.5) is 0 Å². The summed E-state index contributed by atoms with van der Waals surface area (Å²) in [6.45, 7) is 5.76. The van der Waals surface area contributed by atoms with E-state index < -0.39 is 0 Å². The molecule has 0 saturated carbocycles. The van der Waals surface area contributed by atoms with Gasteiger partial charge in [0.15, 0.2) is 5.69 Å². The van der Waals surface area contributed by atoms with Gasteiger partial charge in [0.2, 0.25) is 5.88 Å². The van der Waals surface area contributed by atoms with Crippen LogP contribution in [0.3, 0.4) is 0 Å². The van der Waals surface area contributed by atoms with Gasteiger partial charge in [-0.1, -0.05) is 0 Å². The zero-order chi connectivity index (χ0) is 18.0. The van der Waals surface area contributed by atoms with Gasteiger partial charge in [0, 0.05) is 17.8 Å². The summed E-state index contributed by atoms with van der Waals surface area (Å²) in [6.07, 6.45) is 3.35. The lowest BCUT2D eigenvalue weighted by Gasteiger charge is -2.19. The van der Waals surface area contributed by atoms with Gasteiger partial charge in [-0.15, -0.1) is 0 Å². The standard InChI is InChI=1S/C17H20N6O2/c1-17(2,3)20-16(24)13-9-14(12-7-8-19-21-12)23(22-13)11-5-6-15(25-4)18-10-11/h5-10H,1-4H3,(H,19,21)(H,20,24). The van der Waals surface area contributed by atoms with Gasteiger partial charge in [0.25, 0.3) is 5.91 Å². The second kappa shape index (κ2) is 6.39. The van der Waals surface area contributed by atoms with Crippen LogP contribution < -0.4 is 10.1 Å². The molecule has 0 atom stereocenters. The number of amides is 1. The Morgan fingerprint density at radius 2 is 2.08 bits per heavy atom. The predicted molar refractivity (Wildman–Crippen MR) is 92.7 cm³/mol. The Kier molecular flexibility index (Phi) is 4.26. The largest absolute Gasteiger partial charge is 0.481 e. The summed E-state index contributed by atoms with van der Waals surface area (Å²) in [6, 6.07) is 7.08. The number of carbonyl (C=O) groups excluding carboxylic acids is 1. The van der Waals surface area contributed by atoms with Crippen molar-refractivity contribution in [3.05, 3.63) is 42.4 Å². The molecule has 8 nitrogen and oxygen atoms in total. The van der Waals surface area contributed by atoms with Crippen molar-refractivity contribution in [2.45, 2.75) is 26.3 Å². The van der Waals surface area contributed by atoms with Gasteiger partial charge in [-0.3, -0.25) is 9.89 Å². The fourth-order valence-corrected chi connectivity index (χ4v) is 2.30. The lowest BCUT2D eigenvalue weighted by atomic mass is 10.1. The summed E-state index contributed by atoms with van der Waals surface area (Å²) in [7, 11) is 1.56. The van der Waals surface area contributed by atoms with Crippen LogP contribution in [-0.4, -0.2) is 43.5 Å². The second-order valence-electron chi connectivity index (χ2n) is 6.55. The lowest BCUT2D eigenvalue weighted by molar-refractivity contribution is 0.0914. The highest BCUT2D eigenvalue weighted by Gasteiger charge is 2.21. The highest BCUT2D eigenvalue weighted by atomic mass is 16.5. The van der Waals surface area contributed by atoms with Crippen molar-refractivity contribution >= 4 is 5.91 Å². The Hall–Kier alpha value is -3.16. The van der Waals surface area contributed by atoms with Gasteiger partial charge in [0.05, 0.1) is 24.7 Å². The van der Waals surface area contributed by atoms with Crippen molar-refractivity contribution in [1.29, 1.82) is 0 Å². The molecular weight excluding hydrogens is 320 g/mol. The van der Waals surface area contributed by atoms with E-state index in [1.807, 2.05) is 32.9 Å². The Morgan fingerprint density at radius 3 is 2.64 bits per heavy atom. The molecule has 0 unspecified atom stereocenters. The highest BCUT2D eigenvalue weighted by molar-refractivity contribution is 5.94. The minimum atomic E-state index is -0.352. The molecule has 3 aromatic rings. The van der Waals surface area contributed by atoms with Gasteiger partial charge in [-0.05, 0) is 39.0 Å². The van der Waals surface area contributed by atoms with E-state index in [0.29, 0.717) is 28.6 Å². The first-order valence-corrected chi connectivity index (χ1v) is 7.80. The monoisotopic (exact) mass is 340 g/mol. The average Bonchev–Trinajstić information content (AvgIpc) is 3.22. The molecule has 0 aromatic carbocycles. The van der Waals surface area contributed by atoms with E-state index in [2.05, 4.69) is 25.6 Å². The van der Waals surface area contributed by atoms with E-state index in [1.165, 1.54) is 0 Å². The number of hydrogen-bond acceptors (Lipinski definition) is 5. The van der Waals surface area contributed by atoms with E-state index in [-0.39, 0.29) is 11.4 Å². The van der Waals surface area contributed by atoms with Crippen LogP contribution in [0, 0.1) is 0 Å². The van der Waals surface area contributed by atoms with Crippen molar-refractivity contribution in [2.75, 3.05) is 7.11 Å². The molecule has 1 amide bonds. The molecular formula is C17H20N6O2. The smallest absolute Gasteiger partial charge is 0.272 e. The minimum Gasteiger partial charge on any atom is -0.481 e. The van der Waals surface area contributed by atoms with E-state index in [9.17, 15) is 4.79 Å². The minimum absolute atomic E-state index is 0.246. The van der Waals surface area contributed by atoms with Gasteiger partial charge in [-0.2, -0.15) is 10.2 Å². The third-order valence-electron chi connectivity index (χ3n) is 3.37. The van der Waals surface area contributed by atoms with Crippen molar-refractivity contribution in [3.8, 4) is 23.0 Å². The summed E-state index contributed by atoms with van der Waals surface area (Å²) in [5, 5.41) is 14.3. The number of pyridine rings is 1. The summed E-state index contributed by atoms with van der Waals surface area (Å²) < 4.78 is 6.72. The maximum absolute atomic E-state index is 12.5. The number of ether oxygens (including phenoxy) is 1. The van der Waals surface area contributed by atoms with Crippen LogP contribution in [0.5, 0.6) is 5.88 Å². The Bertz CT molecular complexity index is 860. The summed E-state index contributed by atoms with van der Waals surface area (Å²) in [5.41, 5.74) is 2.03. The number of aromatic nitrogens is 5. The molecule has 0 aliphatic carbocycles. The van der Waals surface area contributed by atoms with Gasteiger partial charge < -0.3 is 10.1 Å². The molecule has 0 radical (unpaired) electrons. The molecule has 25 heavy (non-hydrogen) atoms. The molecule has 0 bridgehead atoms. The zero-order valence-corrected chi connectivity index (χ0v) is 14.6. The molecule has 0 spiro atoms. The Labute approximate surface area is 145 Å². The number of nitrogens with one attached hydrogen (secondary N) is 2. The molecule has 130 valence electrons. The first kappa shape index (κ1) is 16.7. The molecule has 0 aliphatic heterocycles. The van der Waals surface area contributed by atoms with Crippen LogP contribution in [0.25, 0.3) is 17.1 Å². The van der Waals surface area contributed by atoms with Crippen LogP contribution in [0.2, 0.25) is 0 Å². The number of methoxy groups -OCH3 is 1. The van der Waals surface area contributed by atoms with E-state index >= 15 is 0 Å². The van der Waals surface area contributed by atoms with Gasteiger partial charge in [-0.25, -0.2) is 9.67 Å².